The number of carbonyl (C=O) groups is 3. The molecule has 1 fully saturated rings. The summed E-state index contributed by atoms with van der Waals surface area (Å²) >= 11 is 6.08. The summed E-state index contributed by atoms with van der Waals surface area (Å²) in [4.78, 5) is 37.7. The number of rotatable bonds is 10. The van der Waals surface area contributed by atoms with Crippen LogP contribution in [-0.4, -0.2) is 47.0 Å². The maximum Gasteiger partial charge on any atom is 0.249 e. The monoisotopic (exact) mass is 519 g/mol. The molecular weight excluding hydrogens is 494 g/mol. The largest absolute Gasteiger partial charge is 0.485 e. The van der Waals surface area contributed by atoms with Crippen molar-refractivity contribution in [3.8, 4) is 5.75 Å². The molecule has 0 atom stereocenters. The molecule has 0 aliphatic heterocycles. The predicted molar refractivity (Wildman–Crippen MR) is 141 cm³/mol. The number of hydrogen-bond donors (Lipinski definition) is 3. The first kappa shape index (κ1) is 24.8. The molecule has 2 amide bonds. The molecular formula is C28H26ClN3O5. The van der Waals surface area contributed by atoms with E-state index in [2.05, 4.69) is 5.32 Å². The van der Waals surface area contributed by atoms with Crippen LogP contribution in [-0.2, 0) is 11.3 Å². The number of ketones is 1. The maximum atomic E-state index is 13.3. The highest BCUT2D eigenvalue weighted by atomic mass is 35.5. The second-order valence-electron chi connectivity index (χ2n) is 9.21. The third-order valence-electron chi connectivity index (χ3n) is 6.53. The van der Waals surface area contributed by atoms with Crippen molar-refractivity contribution in [3.63, 3.8) is 0 Å². The lowest BCUT2D eigenvalue weighted by Crippen LogP contribution is -2.29. The van der Waals surface area contributed by atoms with Gasteiger partial charge >= 0.3 is 0 Å². The average molecular weight is 520 g/mol. The standard InChI is InChI=1S/C28H26ClN3O5/c29-19-5-3-18-9-20(12-23(28(30)36)22(18)11-19)37-15-26(34)24-13-32(14-27(35)31-7-8-33)25-10-17(16-1-2-16)4-6-21(24)25/h3-6,9-13,16,33H,1-2,7-8,14-15H2,(H2,30,36)(H,31,35). The van der Waals surface area contributed by atoms with Gasteiger partial charge in [0.15, 0.2) is 6.61 Å². The van der Waals surface area contributed by atoms with Crippen LogP contribution >= 0.6 is 11.6 Å². The number of nitrogens with zero attached hydrogens (tertiary/aromatic N) is 1. The van der Waals surface area contributed by atoms with E-state index in [1.165, 1.54) is 11.6 Å². The number of Topliss-reactive ketones (excluding diaryl/α,β-unsaturated/α-hetero) is 1. The Morgan fingerprint density at radius 3 is 2.59 bits per heavy atom. The van der Waals surface area contributed by atoms with Gasteiger partial charge in [-0.15, -0.1) is 0 Å². The number of aliphatic hydroxyl groups excluding tert-OH is 1. The summed E-state index contributed by atoms with van der Waals surface area (Å²) in [6.07, 6.45) is 3.94. The number of primary amides is 1. The molecule has 0 unspecified atom stereocenters. The summed E-state index contributed by atoms with van der Waals surface area (Å²) in [5.41, 5.74) is 8.24. The normalized spacial score (nSPS) is 13.1. The Kier molecular flexibility index (Phi) is 6.86. The molecule has 1 aromatic heterocycles. The fourth-order valence-electron chi connectivity index (χ4n) is 4.55. The number of ether oxygens (including phenoxy) is 1. The minimum atomic E-state index is -0.627. The summed E-state index contributed by atoms with van der Waals surface area (Å²) in [7, 11) is 0. The molecule has 0 spiro atoms. The van der Waals surface area contributed by atoms with Gasteiger partial charge in [0.05, 0.1) is 12.2 Å². The van der Waals surface area contributed by atoms with Crippen LogP contribution in [0.2, 0.25) is 5.02 Å². The van der Waals surface area contributed by atoms with Crippen molar-refractivity contribution in [2.24, 2.45) is 5.73 Å². The molecule has 190 valence electrons. The van der Waals surface area contributed by atoms with Crippen molar-refractivity contribution in [2.75, 3.05) is 19.8 Å². The fraction of sp³-hybridized carbons (Fsp3) is 0.250. The van der Waals surface area contributed by atoms with Crippen LogP contribution in [0.4, 0.5) is 0 Å². The summed E-state index contributed by atoms with van der Waals surface area (Å²) in [6.45, 7) is -0.230. The minimum Gasteiger partial charge on any atom is -0.485 e. The van der Waals surface area contributed by atoms with Gasteiger partial charge in [-0.3, -0.25) is 14.4 Å². The number of nitrogens with two attached hydrogens (primary N) is 1. The van der Waals surface area contributed by atoms with Crippen molar-refractivity contribution in [3.05, 3.63) is 76.4 Å². The molecule has 0 bridgehead atoms. The first-order chi connectivity index (χ1) is 17.8. The van der Waals surface area contributed by atoms with Crippen molar-refractivity contribution in [1.29, 1.82) is 0 Å². The van der Waals surface area contributed by atoms with Crippen LogP contribution in [0.5, 0.6) is 5.75 Å². The smallest absolute Gasteiger partial charge is 0.249 e. The molecule has 0 radical (unpaired) electrons. The van der Waals surface area contributed by atoms with Gasteiger partial charge in [0, 0.05) is 34.2 Å². The Balaban J connectivity index is 1.42. The van der Waals surface area contributed by atoms with E-state index in [4.69, 9.17) is 27.2 Å². The van der Waals surface area contributed by atoms with Crippen LogP contribution in [0.15, 0.2) is 54.7 Å². The molecule has 1 aliphatic carbocycles. The van der Waals surface area contributed by atoms with E-state index < -0.39 is 5.91 Å². The van der Waals surface area contributed by atoms with E-state index in [-0.39, 0.29) is 43.6 Å². The molecule has 4 aromatic rings. The third-order valence-corrected chi connectivity index (χ3v) is 6.76. The van der Waals surface area contributed by atoms with Crippen molar-refractivity contribution in [2.45, 2.75) is 25.3 Å². The van der Waals surface area contributed by atoms with E-state index >= 15 is 0 Å². The van der Waals surface area contributed by atoms with Crippen molar-refractivity contribution >= 4 is 50.9 Å². The maximum absolute atomic E-state index is 13.3. The number of benzene rings is 3. The Morgan fingerprint density at radius 1 is 1.05 bits per heavy atom. The molecule has 37 heavy (non-hydrogen) atoms. The van der Waals surface area contributed by atoms with E-state index in [1.807, 2.05) is 18.2 Å². The molecule has 8 nitrogen and oxygen atoms in total. The summed E-state index contributed by atoms with van der Waals surface area (Å²) in [5.74, 6) is -0.303. The lowest BCUT2D eigenvalue weighted by molar-refractivity contribution is -0.121. The molecule has 4 N–H and O–H groups in total. The zero-order chi connectivity index (χ0) is 26.1. The van der Waals surface area contributed by atoms with E-state index in [0.717, 1.165) is 23.7 Å². The quantitative estimate of drug-likeness (QED) is 0.275. The summed E-state index contributed by atoms with van der Waals surface area (Å²) < 4.78 is 7.57. The number of hydrogen-bond acceptors (Lipinski definition) is 5. The van der Waals surface area contributed by atoms with E-state index in [1.54, 1.807) is 35.0 Å². The van der Waals surface area contributed by atoms with Gasteiger partial charge in [-0.1, -0.05) is 29.8 Å². The molecule has 0 saturated heterocycles. The number of carbonyl (C=O) groups excluding carboxylic acids is 3. The Bertz CT molecular complexity index is 1540. The molecule has 9 heteroatoms. The highest BCUT2D eigenvalue weighted by molar-refractivity contribution is 6.31. The summed E-state index contributed by atoms with van der Waals surface area (Å²) in [5, 5.41) is 14.2. The lowest BCUT2D eigenvalue weighted by Gasteiger charge is -2.10. The lowest BCUT2D eigenvalue weighted by atomic mass is 10.0. The second kappa shape index (κ2) is 10.2. The van der Waals surface area contributed by atoms with E-state index in [0.29, 0.717) is 33.0 Å². The first-order valence-electron chi connectivity index (χ1n) is 12.0. The summed E-state index contributed by atoms with van der Waals surface area (Å²) in [6, 6.07) is 14.3. The minimum absolute atomic E-state index is 0.0218. The topological polar surface area (TPSA) is 124 Å². The molecule has 1 aliphatic rings. The molecule has 1 heterocycles. The Labute approximate surface area is 217 Å². The van der Waals surface area contributed by atoms with Crippen molar-refractivity contribution in [1.82, 2.24) is 9.88 Å². The van der Waals surface area contributed by atoms with Crippen molar-refractivity contribution < 1.29 is 24.2 Å². The van der Waals surface area contributed by atoms with Gasteiger partial charge in [0.2, 0.25) is 17.6 Å². The number of amides is 2. The Morgan fingerprint density at radius 2 is 1.86 bits per heavy atom. The third kappa shape index (κ3) is 5.30. The number of nitrogens with one attached hydrogen (secondary N) is 1. The highest BCUT2D eigenvalue weighted by Crippen LogP contribution is 2.41. The number of aliphatic hydroxyl groups is 1. The van der Waals surface area contributed by atoms with Crippen LogP contribution in [0, 0.1) is 0 Å². The second-order valence-corrected chi connectivity index (χ2v) is 9.64. The van der Waals surface area contributed by atoms with Gasteiger partial charge < -0.3 is 25.5 Å². The predicted octanol–water partition coefficient (Wildman–Crippen LogP) is 3.79. The van der Waals surface area contributed by atoms with Gasteiger partial charge in [-0.05, 0) is 65.4 Å². The van der Waals surface area contributed by atoms with E-state index in [9.17, 15) is 14.4 Å². The number of aromatic nitrogens is 1. The highest BCUT2D eigenvalue weighted by Gasteiger charge is 2.25. The molecule has 5 rings (SSSR count). The van der Waals surface area contributed by atoms with Gasteiger partial charge in [-0.2, -0.15) is 0 Å². The number of halogens is 1. The van der Waals surface area contributed by atoms with Gasteiger partial charge in [0.25, 0.3) is 0 Å². The van der Waals surface area contributed by atoms with Gasteiger partial charge in [0.1, 0.15) is 12.3 Å². The SMILES string of the molecule is NC(=O)c1cc(OCC(=O)c2cn(CC(=O)NCCO)c3cc(C4CC4)ccc23)cc2ccc(Cl)cc12. The zero-order valence-electron chi connectivity index (χ0n) is 20.0. The Hall–Kier alpha value is -3.88. The van der Waals surface area contributed by atoms with Crippen LogP contribution in [0.25, 0.3) is 21.7 Å². The fourth-order valence-corrected chi connectivity index (χ4v) is 4.73. The van der Waals surface area contributed by atoms with Crippen LogP contribution in [0.3, 0.4) is 0 Å². The zero-order valence-corrected chi connectivity index (χ0v) is 20.8. The van der Waals surface area contributed by atoms with Crippen LogP contribution < -0.4 is 15.8 Å². The average Bonchev–Trinajstić information content (AvgIpc) is 3.68. The molecule has 3 aromatic carbocycles. The number of fused-ring (bicyclic) bond motifs is 2. The van der Waals surface area contributed by atoms with Crippen LogP contribution in [0.1, 0.15) is 45.0 Å². The first-order valence-corrected chi connectivity index (χ1v) is 12.4. The van der Waals surface area contributed by atoms with Gasteiger partial charge in [-0.25, -0.2) is 0 Å². The molecule has 1 saturated carbocycles.